The second-order valence-electron chi connectivity index (χ2n) is 6.32. The third-order valence-electron chi connectivity index (χ3n) is 3.12. The first-order chi connectivity index (χ1) is 10.3. The zero-order valence-electron chi connectivity index (χ0n) is 13.7. The Morgan fingerprint density at radius 3 is 2.36 bits per heavy atom. The number of rotatable bonds is 9. The van der Waals surface area contributed by atoms with Crippen molar-refractivity contribution in [3.63, 3.8) is 0 Å². The van der Waals surface area contributed by atoms with Crippen LogP contribution in [0.1, 0.15) is 32.8 Å². The lowest BCUT2D eigenvalue weighted by molar-refractivity contribution is -0.148. The predicted molar refractivity (Wildman–Crippen MR) is 87.6 cm³/mol. The monoisotopic (exact) mass is 308 g/mol. The molecule has 2 N–H and O–H groups in total. The van der Waals surface area contributed by atoms with E-state index in [1.807, 2.05) is 51.1 Å². The molecule has 3 atom stereocenters. The molecule has 124 valence electrons. The van der Waals surface area contributed by atoms with Crippen LogP contribution in [-0.4, -0.2) is 40.7 Å². The van der Waals surface area contributed by atoms with Gasteiger partial charge in [0.25, 0.3) is 0 Å². The molecule has 4 heteroatoms. The first-order valence-electron chi connectivity index (χ1n) is 7.61. The van der Waals surface area contributed by atoms with Crippen molar-refractivity contribution < 1.29 is 19.7 Å². The van der Waals surface area contributed by atoms with Crippen molar-refractivity contribution in [1.29, 1.82) is 0 Å². The Balaban J connectivity index is 2.42. The van der Waals surface area contributed by atoms with E-state index in [0.29, 0.717) is 19.6 Å². The first kappa shape index (κ1) is 18.8. The Kier molecular flexibility index (Phi) is 7.76. The molecule has 0 aliphatic rings. The van der Waals surface area contributed by atoms with E-state index in [1.165, 1.54) is 6.08 Å². The van der Waals surface area contributed by atoms with Crippen molar-refractivity contribution in [2.45, 2.75) is 57.7 Å². The molecule has 0 fully saturated rings. The summed E-state index contributed by atoms with van der Waals surface area (Å²) in [5.41, 5.74) is 0.631. The molecule has 0 radical (unpaired) electrons. The predicted octanol–water partition coefficient (Wildman–Crippen LogP) is 2.68. The molecule has 4 nitrogen and oxygen atoms in total. The van der Waals surface area contributed by atoms with E-state index in [2.05, 4.69) is 6.58 Å². The summed E-state index contributed by atoms with van der Waals surface area (Å²) in [6.45, 7) is 10.1. The third-order valence-corrected chi connectivity index (χ3v) is 3.12. The molecule has 0 amide bonds. The Labute approximate surface area is 133 Å². The molecule has 0 bridgehead atoms. The van der Waals surface area contributed by atoms with E-state index in [1.54, 1.807) is 0 Å². The number of hydrogen-bond acceptors (Lipinski definition) is 4. The average molecular weight is 308 g/mol. The molecule has 1 rings (SSSR count). The van der Waals surface area contributed by atoms with Gasteiger partial charge in [-0.1, -0.05) is 36.4 Å². The molecular formula is C18H28O4. The van der Waals surface area contributed by atoms with Gasteiger partial charge in [0.2, 0.25) is 0 Å². The van der Waals surface area contributed by atoms with Gasteiger partial charge in [-0.05, 0) is 32.8 Å². The van der Waals surface area contributed by atoms with Crippen LogP contribution < -0.4 is 0 Å². The van der Waals surface area contributed by atoms with Crippen LogP contribution in [0, 0.1) is 0 Å². The summed E-state index contributed by atoms with van der Waals surface area (Å²) in [5, 5.41) is 20.2. The minimum absolute atomic E-state index is 0.387. The van der Waals surface area contributed by atoms with E-state index >= 15 is 0 Å². The molecule has 0 aliphatic carbocycles. The number of benzene rings is 1. The van der Waals surface area contributed by atoms with E-state index < -0.39 is 23.9 Å². The lowest BCUT2D eigenvalue weighted by atomic mass is 10.0. The van der Waals surface area contributed by atoms with E-state index in [4.69, 9.17) is 9.47 Å². The van der Waals surface area contributed by atoms with E-state index in [-0.39, 0.29) is 0 Å². The second-order valence-corrected chi connectivity index (χ2v) is 6.32. The van der Waals surface area contributed by atoms with Crippen molar-refractivity contribution in [2.75, 3.05) is 6.61 Å². The summed E-state index contributed by atoms with van der Waals surface area (Å²) in [7, 11) is 0. The largest absolute Gasteiger partial charge is 0.390 e. The van der Waals surface area contributed by atoms with Crippen LogP contribution in [0.3, 0.4) is 0 Å². The van der Waals surface area contributed by atoms with Gasteiger partial charge in [0.05, 0.1) is 18.3 Å². The summed E-state index contributed by atoms with van der Waals surface area (Å²) in [6, 6.07) is 9.85. The van der Waals surface area contributed by atoms with Crippen molar-refractivity contribution in [3.05, 3.63) is 48.6 Å². The second kappa shape index (κ2) is 9.06. The topological polar surface area (TPSA) is 58.9 Å². The fourth-order valence-electron chi connectivity index (χ4n) is 2.05. The van der Waals surface area contributed by atoms with Crippen LogP contribution in [0.4, 0.5) is 0 Å². The van der Waals surface area contributed by atoms with Gasteiger partial charge < -0.3 is 19.7 Å². The molecule has 0 spiro atoms. The van der Waals surface area contributed by atoms with Crippen LogP contribution in [0.2, 0.25) is 0 Å². The number of hydrogen-bond donors (Lipinski definition) is 2. The normalized spacial score (nSPS) is 16.0. The molecule has 1 aromatic rings. The molecule has 0 saturated carbocycles. The zero-order valence-corrected chi connectivity index (χ0v) is 13.7. The van der Waals surface area contributed by atoms with Crippen molar-refractivity contribution in [1.82, 2.24) is 0 Å². The van der Waals surface area contributed by atoms with Gasteiger partial charge >= 0.3 is 0 Å². The van der Waals surface area contributed by atoms with Gasteiger partial charge in [0.15, 0.2) is 0 Å². The van der Waals surface area contributed by atoms with Crippen LogP contribution >= 0.6 is 0 Å². The molecule has 0 aliphatic heterocycles. The quantitative estimate of drug-likeness (QED) is 0.544. The van der Waals surface area contributed by atoms with Gasteiger partial charge in [-0.15, -0.1) is 6.58 Å². The van der Waals surface area contributed by atoms with Crippen LogP contribution in [0.25, 0.3) is 0 Å². The molecule has 0 aromatic heterocycles. The highest BCUT2D eigenvalue weighted by Gasteiger charge is 2.30. The van der Waals surface area contributed by atoms with Crippen molar-refractivity contribution >= 4 is 0 Å². The average Bonchev–Trinajstić information content (AvgIpc) is 2.48. The number of aliphatic hydroxyl groups is 2. The molecule has 22 heavy (non-hydrogen) atoms. The minimum atomic E-state index is -0.914. The smallest absolute Gasteiger partial charge is 0.114 e. The summed E-state index contributed by atoms with van der Waals surface area (Å²) in [5.74, 6) is 0. The Morgan fingerprint density at radius 1 is 1.18 bits per heavy atom. The van der Waals surface area contributed by atoms with Gasteiger partial charge in [-0.2, -0.15) is 0 Å². The van der Waals surface area contributed by atoms with Gasteiger partial charge in [-0.25, -0.2) is 0 Å². The van der Waals surface area contributed by atoms with Crippen LogP contribution in [-0.2, 0) is 16.1 Å². The van der Waals surface area contributed by atoms with Gasteiger partial charge in [0.1, 0.15) is 12.2 Å². The minimum Gasteiger partial charge on any atom is -0.390 e. The fraction of sp³-hybridized carbons (Fsp3) is 0.556. The highest BCUT2D eigenvalue weighted by atomic mass is 16.5. The molecule has 1 aromatic carbocycles. The lowest BCUT2D eigenvalue weighted by Crippen LogP contribution is -2.44. The Hall–Kier alpha value is -1.20. The molecule has 0 saturated heterocycles. The van der Waals surface area contributed by atoms with Crippen molar-refractivity contribution in [2.24, 2.45) is 0 Å². The van der Waals surface area contributed by atoms with Gasteiger partial charge in [-0.3, -0.25) is 0 Å². The Morgan fingerprint density at radius 2 is 1.82 bits per heavy atom. The summed E-state index contributed by atoms with van der Waals surface area (Å²) >= 11 is 0. The van der Waals surface area contributed by atoms with Crippen molar-refractivity contribution in [3.8, 4) is 0 Å². The number of ether oxygens (including phenoxy) is 2. The van der Waals surface area contributed by atoms with E-state index in [9.17, 15) is 10.2 Å². The number of aliphatic hydroxyl groups excluding tert-OH is 2. The first-order valence-corrected chi connectivity index (χ1v) is 7.61. The van der Waals surface area contributed by atoms with Crippen LogP contribution in [0.5, 0.6) is 0 Å². The third kappa shape index (κ3) is 7.18. The standard InChI is InChI=1S/C18H28O4/c1-5-15(19)17(22-18(2,3)4)16(20)11-12-21-13-14-9-7-6-8-10-14/h5-10,15-17,19-20H,1,11-13H2,2-4H3/t15?,16-,17-/m0/s1. The maximum Gasteiger partial charge on any atom is 0.114 e. The van der Waals surface area contributed by atoms with Crippen LogP contribution in [0.15, 0.2) is 43.0 Å². The lowest BCUT2D eigenvalue weighted by Gasteiger charge is -2.32. The summed E-state index contributed by atoms with van der Waals surface area (Å²) in [6.07, 6.45) is -0.674. The Bertz CT molecular complexity index is 424. The summed E-state index contributed by atoms with van der Waals surface area (Å²) in [4.78, 5) is 0. The SMILES string of the molecule is C=CC(O)[C@H](OC(C)(C)C)[C@@H](O)CCOCc1ccccc1. The molecule has 0 heterocycles. The zero-order chi connectivity index (χ0) is 16.6. The summed E-state index contributed by atoms with van der Waals surface area (Å²) < 4.78 is 11.3. The molecular weight excluding hydrogens is 280 g/mol. The molecule has 1 unspecified atom stereocenters. The van der Waals surface area contributed by atoms with E-state index in [0.717, 1.165) is 5.56 Å². The fourth-order valence-corrected chi connectivity index (χ4v) is 2.05. The highest BCUT2D eigenvalue weighted by molar-refractivity contribution is 5.13. The highest BCUT2D eigenvalue weighted by Crippen LogP contribution is 2.18. The van der Waals surface area contributed by atoms with Gasteiger partial charge in [0, 0.05) is 6.61 Å². The maximum absolute atomic E-state index is 10.3. The maximum atomic E-state index is 10.3.